The fourth-order valence-electron chi connectivity index (χ4n) is 0.470. The van der Waals surface area contributed by atoms with Crippen LogP contribution in [-0.2, 0) is 0 Å². The molecule has 0 unspecified atom stereocenters. The molecule has 1 aromatic rings. The highest BCUT2D eigenvalue weighted by molar-refractivity contribution is 5.75. The summed E-state index contributed by atoms with van der Waals surface area (Å²) in [5.74, 6) is 0. The number of aliphatic imine (C=N–C) groups is 1. The molecule has 1 rings (SSSR count). The third kappa shape index (κ3) is 1.68. The van der Waals surface area contributed by atoms with Crippen LogP contribution in [0.5, 0.6) is 0 Å². The fraction of sp³-hybridized carbons (Fsp3) is 0.333. The number of hydrogen-bond donors (Lipinski definition) is 0. The van der Waals surface area contributed by atoms with Gasteiger partial charge in [-0.2, -0.15) is 0 Å². The molecule has 1 aromatic heterocycles. The first-order valence-corrected chi connectivity index (χ1v) is 2.81. The van der Waals surface area contributed by atoms with Gasteiger partial charge in [0.05, 0.1) is 6.21 Å². The predicted molar refractivity (Wildman–Crippen MR) is 34.6 cm³/mol. The molecule has 0 atom stereocenters. The lowest BCUT2D eigenvalue weighted by Gasteiger charge is -1.76. The number of aromatic nitrogens is 1. The van der Waals surface area contributed by atoms with Gasteiger partial charge in [0.1, 0.15) is 12.0 Å². The molecule has 3 heteroatoms. The Kier molecular flexibility index (Phi) is 2.01. The van der Waals surface area contributed by atoms with Crippen LogP contribution in [0.1, 0.15) is 12.6 Å². The number of hydrogen-bond acceptors (Lipinski definition) is 3. The summed E-state index contributed by atoms with van der Waals surface area (Å²) in [6.07, 6.45) is 4.62. The molecular weight excluding hydrogens is 116 g/mol. The highest BCUT2D eigenvalue weighted by atomic mass is 16.3. The summed E-state index contributed by atoms with van der Waals surface area (Å²) >= 11 is 0. The summed E-state index contributed by atoms with van der Waals surface area (Å²) in [5, 5.41) is 0. The van der Waals surface area contributed by atoms with Crippen molar-refractivity contribution >= 4 is 6.21 Å². The summed E-state index contributed by atoms with van der Waals surface area (Å²) < 4.78 is 4.71. The van der Waals surface area contributed by atoms with E-state index in [4.69, 9.17) is 4.42 Å². The Morgan fingerprint density at radius 2 is 2.78 bits per heavy atom. The summed E-state index contributed by atoms with van der Waals surface area (Å²) in [6.45, 7) is 2.75. The monoisotopic (exact) mass is 124 g/mol. The average Bonchev–Trinajstić information content (AvgIpc) is 2.34. The van der Waals surface area contributed by atoms with E-state index < -0.39 is 0 Å². The lowest BCUT2D eigenvalue weighted by atomic mass is 10.5. The van der Waals surface area contributed by atoms with Gasteiger partial charge in [-0.05, 0) is 6.92 Å². The molecule has 48 valence electrons. The zero-order chi connectivity index (χ0) is 6.53. The van der Waals surface area contributed by atoms with Gasteiger partial charge in [0.15, 0.2) is 6.39 Å². The van der Waals surface area contributed by atoms with Gasteiger partial charge in [-0.15, -0.1) is 0 Å². The van der Waals surface area contributed by atoms with E-state index in [0.717, 1.165) is 12.2 Å². The van der Waals surface area contributed by atoms with E-state index in [1.165, 1.54) is 6.39 Å². The molecule has 0 aromatic carbocycles. The largest absolute Gasteiger partial charge is 0.451 e. The number of nitrogens with zero attached hydrogens (tertiary/aromatic N) is 2. The lowest BCUT2D eigenvalue weighted by molar-refractivity contribution is 0.557. The smallest absolute Gasteiger partial charge is 0.181 e. The minimum absolute atomic E-state index is 0.775. The van der Waals surface area contributed by atoms with Crippen molar-refractivity contribution in [1.29, 1.82) is 0 Å². The van der Waals surface area contributed by atoms with Crippen molar-refractivity contribution in [2.75, 3.05) is 6.54 Å². The van der Waals surface area contributed by atoms with Gasteiger partial charge in [0.25, 0.3) is 0 Å². The van der Waals surface area contributed by atoms with Crippen molar-refractivity contribution in [2.24, 2.45) is 4.99 Å². The van der Waals surface area contributed by atoms with E-state index in [1.54, 1.807) is 12.5 Å². The van der Waals surface area contributed by atoms with Crippen molar-refractivity contribution in [3.8, 4) is 0 Å². The Morgan fingerprint density at radius 1 is 1.89 bits per heavy atom. The van der Waals surface area contributed by atoms with Crippen molar-refractivity contribution in [2.45, 2.75) is 6.92 Å². The predicted octanol–water partition coefficient (Wildman–Crippen LogP) is 1.11. The van der Waals surface area contributed by atoms with Gasteiger partial charge in [-0.1, -0.05) is 0 Å². The first-order chi connectivity index (χ1) is 4.43. The molecule has 0 N–H and O–H groups in total. The van der Waals surface area contributed by atoms with E-state index in [1.807, 2.05) is 6.92 Å². The van der Waals surface area contributed by atoms with E-state index in [9.17, 15) is 0 Å². The maximum atomic E-state index is 4.71. The van der Waals surface area contributed by atoms with E-state index >= 15 is 0 Å². The van der Waals surface area contributed by atoms with Gasteiger partial charge < -0.3 is 4.42 Å². The van der Waals surface area contributed by atoms with E-state index in [0.29, 0.717) is 0 Å². The second-order valence-corrected chi connectivity index (χ2v) is 1.54. The molecule has 0 radical (unpaired) electrons. The van der Waals surface area contributed by atoms with Crippen LogP contribution in [0.4, 0.5) is 0 Å². The van der Waals surface area contributed by atoms with Crippen LogP contribution in [0.2, 0.25) is 0 Å². The standard InChI is InChI=1S/C6H8N2O/c1-2-7-3-6-4-9-5-8-6/h3-5H,2H2,1H3. The molecule has 0 aliphatic rings. The summed E-state index contributed by atoms with van der Waals surface area (Å²) in [5.41, 5.74) is 0.775. The number of oxazole rings is 1. The third-order valence-corrected chi connectivity index (χ3v) is 0.858. The van der Waals surface area contributed by atoms with Gasteiger partial charge in [-0.25, -0.2) is 4.98 Å². The Balaban J connectivity index is 2.57. The molecule has 1 heterocycles. The maximum Gasteiger partial charge on any atom is 0.181 e. The molecule has 0 saturated heterocycles. The average molecular weight is 124 g/mol. The topological polar surface area (TPSA) is 38.4 Å². The van der Waals surface area contributed by atoms with Crippen LogP contribution in [-0.4, -0.2) is 17.7 Å². The third-order valence-electron chi connectivity index (χ3n) is 0.858. The van der Waals surface area contributed by atoms with E-state index in [2.05, 4.69) is 9.98 Å². The second kappa shape index (κ2) is 3.02. The maximum absolute atomic E-state index is 4.71. The molecule has 0 aliphatic heterocycles. The highest BCUT2D eigenvalue weighted by Crippen LogP contribution is 1.88. The molecule has 0 saturated carbocycles. The van der Waals surface area contributed by atoms with Gasteiger partial charge >= 0.3 is 0 Å². The Bertz CT molecular complexity index is 179. The van der Waals surface area contributed by atoms with E-state index in [-0.39, 0.29) is 0 Å². The highest BCUT2D eigenvalue weighted by Gasteiger charge is 1.85. The van der Waals surface area contributed by atoms with Crippen LogP contribution < -0.4 is 0 Å². The summed E-state index contributed by atoms with van der Waals surface area (Å²) in [4.78, 5) is 7.80. The molecule has 0 bridgehead atoms. The summed E-state index contributed by atoms with van der Waals surface area (Å²) in [6, 6.07) is 0. The molecule has 0 amide bonds. The van der Waals surface area contributed by atoms with Gasteiger partial charge in [0, 0.05) is 6.54 Å². The molecule has 0 fully saturated rings. The van der Waals surface area contributed by atoms with Crippen molar-refractivity contribution in [3.63, 3.8) is 0 Å². The van der Waals surface area contributed by atoms with Crippen LogP contribution in [0, 0.1) is 0 Å². The van der Waals surface area contributed by atoms with Crippen molar-refractivity contribution < 1.29 is 4.42 Å². The van der Waals surface area contributed by atoms with Crippen molar-refractivity contribution in [1.82, 2.24) is 4.98 Å². The van der Waals surface area contributed by atoms with Crippen LogP contribution in [0.3, 0.4) is 0 Å². The first-order valence-electron chi connectivity index (χ1n) is 2.81. The SMILES string of the molecule is CCN=Cc1cocn1. The first kappa shape index (κ1) is 6.01. The minimum atomic E-state index is 0.775. The fourth-order valence-corrected chi connectivity index (χ4v) is 0.470. The molecule has 9 heavy (non-hydrogen) atoms. The normalized spacial score (nSPS) is 10.8. The lowest BCUT2D eigenvalue weighted by Crippen LogP contribution is -1.79. The second-order valence-electron chi connectivity index (χ2n) is 1.54. The minimum Gasteiger partial charge on any atom is -0.451 e. The van der Waals surface area contributed by atoms with Gasteiger partial charge in [-0.3, -0.25) is 4.99 Å². The quantitative estimate of drug-likeness (QED) is 0.554. The summed E-state index contributed by atoms with van der Waals surface area (Å²) in [7, 11) is 0. The zero-order valence-electron chi connectivity index (χ0n) is 5.24. The van der Waals surface area contributed by atoms with Gasteiger partial charge in [0.2, 0.25) is 0 Å². The van der Waals surface area contributed by atoms with Crippen LogP contribution in [0.15, 0.2) is 22.1 Å². The molecular formula is C6H8N2O. The Morgan fingerprint density at radius 3 is 3.33 bits per heavy atom. The Hall–Kier alpha value is -1.12. The van der Waals surface area contributed by atoms with Crippen LogP contribution in [0.25, 0.3) is 0 Å². The Labute approximate surface area is 53.4 Å². The van der Waals surface area contributed by atoms with Crippen molar-refractivity contribution in [3.05, 3.63) is 18.4 Å². The molecule has 3 nitrogen and oxygen atoms in total. The molecule has 0 aliphatic carbocycles. The van der Waals surface area contributed by atoms with Crippen LogP contribution >= 0.6 is 0 Å². The zero-order valence-corrected chi connectivity index (χ0v) is 5.24. The molecule has 0 spiro atoms. The number of rotatable bonds is 2.